The number of fused-ring (bicyclic) bond motifs is 1. The second kappa shape index (κ2) is 9.18. The quantitative estimate of drug-likeness (QED) is 0.411. The summed E-state index contributed by atoms with van der Waals surface area (Å²) in [6.07, 6.45) is 1.33. The molecule has 1 fully saturated rings. The lowest BCUT2D eigenvalue weighted by atomic mass is 10.0. The van der Waals surface area contributed by atoms with Crippen LogP contribution in [0.4, 0.5) is 0 Å². The van der Waals surface area contributed by atoms with Crippen LogP contribution in [0, 0.1) is 6.92 Å². The van der Waals surface area contributed by atoms with E-state index in [1.165, 1.54) is 46.2 Å². The van der Waals surface area contributed by atoms with E-state index < -0.39 is 40.0 Å². The minimum atomic E-state index is -1.48. The molecule has 0 aliphatic carbocycles. The highest BCUT2D eigenvalue weighted by Gasteiger charge is 2.54. The maximum atomic E-state index is 12.7. The van der Waals surface area contributed by atoms with Crippen LogP contribution in [0.25, 0.3) is 0 Å². The van der Waals surface area contributed by atoms with Crippen LogP contribution in [0.2, 0.25) is 0 Å². The highest BCUT2D eigenvalue weighted by atomic mass is 32.2. The van der Waals surface area contributed by atoms with Gasteiger partial charge in [-0.25, -0.2) is 9.78 Å². The SMILES string of the molecule is Cc1ncoc1SCC1=C(C(=O)O)N2C(=O)C(NC(=O)CS(=O)c3cccs3)[C@@H]2SC1. The minimum Gasteiger partial charge on any atom is -0.477 e. The number of β-lactam (4-membered cyclic amide) rings is 1. The van der Waals surface area contributed by atoms with E-state index >= 15 is 0 Å². The van der Waals surface area contributed by atoms with Crippen LogP contribution in [0.1, 0.15) is 5.69 Å². The molecule has 2 amide bonds. The van der Waals surface area contributed by atoms with E-state index in [0.29, 0.717) is 32.1 Å². The van der Waals surface area contributed by atoms with E-state index in [-0.39, 0.29) is 11.4 Å². The molecule has 0 bridgehead atoms. The monoisotopic (exact) mass is 499 g/mol. The Morgan fingerprint density at radius 1 is 1.48 bits per heavy atom. The molecule has 4 heterocycles. The molecule has 2 N–H and O–H groups in total. The summed E-state index contributed by atoms with van der Waals surface area (Å²) in [6, 6.07) is 2.60. The third kappa shape index (κ3) is 4.45. The second-order valence-corrected chi connectivity index (χ2v) is 11.3. The Hall–Kier alpha value is -2.09. The van der Waals surface area contributed by atoms with Gasteiger partial charge in [0.05, 0.1) is 20.7 Å². The fraction of sp³-hybridized carbons (Fsp3) is 0.333. The molecule has 0 saturated carbocycles. The Morgan fingerprint density at radius 2 is 2.29 bits per heavy atom. The number of carboxylic acid groups (broad SMARTS) is 1. The molecule has 9 nitrogen and oxygen atoms in total. The van der Waals surface area contributed by atoms with Crippen LogP contribution in [0.5, 0.6) is 0 Å². The molecule has 2 aliphatic heterocycles. The van der Waals surface area contributed by atoms with Crippen LogP contribution >= 0.6 is 34.9 Å². The van der Waals surface area contributed by atoms with Crippen molar-refractivity contribution < 1.29 is 28.1 Å². The van der Waals surface area contributed by atoms with Crippen molar-refractivity contribution in [1.29, 1.82) is 0 Å². The zero-order valence-corrected chi connectivity index (χ0v) is 19.4. The largest absolute Gasteiger partial charge is 0.477 e. The molecular formula is C18H17N3O6S4. The molecule has 4 rings (SSSR count). The zero-order chi connectivity index (χ0) is 22.1. The van der Waals surface area contributed by atoms with Crippen molar-refractivity contribution in [2.24, 2.45) is 0 Å². The standard InChI is InChI=1S/C18H17N3O6S4/c1-9-18(27-8-19-9)30-6-10-5-29-16-13(15(23)21(16)14(10)17(24)25)20-11(22)7-31(26)12-3-2-4-28-12/h2-4,8,13,16H,5-7H2,1H3,(H,20,22)(H,24,25)/t13?,16-,31?/m0/s1. The Kier molecular flexibility index (Phi) is 6.55. The number of oxazole rings is 1. The molecule has 0 radical (unpaired) electrons. The van der Waals surface area contributed by atoms with Crippen molar-refractivity contribution >= 4 is 63.4 Å². The maximum absolute atomic E-state index is 12.7. The first-order chi connectivity index (χ1) is 14.9. The molecule has 31 heavy (non-hydrogen) atoms. The van der Waals surface area contributed by atoms with Gasteiger partial charge in [0.25, 0.3) is 5.91 Å². The normalized spacial score (nSPS) is 21.5. The second-order valence-electron chi connectivity index (χ2n) is 6.65. The van der Waals surface area contributed by atoms with E-state index in [1.54, 1.807) is 24.4 Å². The molecule has 2 aromatic heterocycles. The van der Waals surface area contributed by atoms with Crippen LogP contribution in [-0.4, -0.2) is 65.7 Å². The van der Waals surface area contributed by atoms with Gasteiger partial charge in [0, 0.05) is 11.5 Å². The topological polar surface area (TPSA) is 130 Å². The highest BCUT2D eigenvalue weighted by Crippen LogP contribution is 2.41. The van der Waals surface area contributed by atoms with Crippen molar-refractivity contribution in [2.75, 3.05) is 17.3 Å². The number of carbonyl (C=O) groups is 3. The first-order valence-corrected chi connectivity index (χ1v) is 13.2. The molecule has 0 aromatic carbocycles. The summed E-state index contributed by atoms with van der Waals surface area (Å²) in [5.41, 5.74) is 1.27. The summed E-state index contributed by atoms with van der Waals surface area (Å²) in [6.45, 7) is 1.79. The first-order valence-electron chi connectivity index (χ1n) is 9.01. The van der Waals surface area contributed by atoms with Gasteiger partial charge in [0.1, 0.15) is 22.9 Å². The highest BCUT2D eigenvalue weighted by molar-refractivity contribution is 8.01. The van der Waals surface area contributed by atoms with Crippen LogP contribution in [-0.2, 0) is 25.2 Å². The van der Waals surface area contributed by atoms with E-state index in [0.717, 1.165) is 0 Å². The number of thiophene rings is 1. The molecule has 2 aliphatic rings. The average Bonchev–Trinajstić information content (AvgIpc) is 3.41. The Balaban J connectivity index is 1.42. The number of thioether (sulfide) groups is 2. The summed E-state index contributed by atoms with van der Waals surface area (Å²) in [5, 5.41) is 14.2. The lowest BCUT2D eigenvalue weighted by molar-refractivity contribution is -0.150. The van der Waals surface area contributed by atoms with E-state index in [9.17, 15) is 23.7 Å². The molecular weight excluding hydrogens is 482 g/mol. The number of nitrogens with one attached hydrogen (secondary N) is 1. The molecule has 1 saturated heterocycles. The summed E-state index contributed by atoms with van der Waals surface area (Å²) >= 11 is 4.01. The molecule has 2 aromatic rings. The smallest absolute Gasteiger partial charge is 0.352 e. The van der Waals surface area contributed by atoms with Crippen LogP contribution in [0.3, 0.4) is 0 Å². The lowest BCUT2D eigenvalue weighted by Gasteiger charge is -2.49. The fourth-order valence-electron chi connectivity index (χ4n) is 3.18. The Morgan fingerprint density at radius 3 is 2.94 bits per heavy atom. The van der Waals surface area contributed by atoms with Gasteiger partial charge in [-0.1, -0.05) is 17.8 Å². The number of hydrogen-bond acceptors (Lipinski definition) is 9. The minimum absolute atomic E-state index is 0.0499. The molecule has 2 unspecified atom stereocenters. The van der Waals surface area contributed by atoms with Gasteiger partial charge in [-0.2, -0.15) is 0 Å². The number of aryl methyl sites for hydroxylation is 1. The third-order valence-electron chi connectivity index (χ3n) is 4.63. The maximum Gasteiger partial charge on any atom is 0.352 e. The van der Waals surface area contributed by atoms with Gasteiger partial charge in [0.15, 0.2) is 11.5 Å². The van der Waals surface area contributed by atoms with Gasteiger partial charge >= 0.3 is 5.97 Å². The van der Waals surface area contributed by atoms with Gasteiger partial charge in [-0.3, -0.25) is 18.7 Å². The van der Waals surface area contributed by atoms with Crippen molar-refractivity contribution in [3.63, 3.8) is 0 Å². The number of carbonyl (C=O) groups excluding carboxylic acids is 2. The number of hydrogen-bond donors (Lipinski definition) is 2. The van der Waals surface area contributed by atoms with Crippen LogP contribution in [0.15, 0.2) is 48.9 Å². The first kappa shape index (κ1) is 22.1. The zero-order valence-electron chi connectivity index (χ0n) is 16.1. The Labute approximate surface area is 192 Å². The van der Waals surface area contributed by atoms with Gasteiger partial charge in [-0.05, 0) is 23.9 Å². The number of amides is 2. The summed E-state index contributed by atoms with van der Waals surface area (Å²) in [5.74, 6) is -1.67. The van der Waals surface area contributed by atoms with E-state index in [1.807, 2.05) is 0 Å². The number of aromatic nitrogens is 1. The third-order valence-corrected chi connectivity index (χ3v) is 9.73. The summed E-state index contributed by atoms with van der Waals surface area (Å²) in [4.78, 5) is 42.1. The summed E-state index contributed by atoms with van der Waals surface area (Å²) < 4.78 is 18.1. The average molecular weight is 500 g/mol. The van der Waals surface area contributed by atoms with Crippen molar-refractivity contribution in [1.82, 2.24) is 15.2 Å². The number of rotatable bonds is 8. The van der Waals surface area contributed by atoms with Gasteiger partial charge < -0.3 is 14.8 Å². The molecule has 164 valence electrons. The van der Waals surface area contributed by atoms with E-state index in [4.69, 9.17) is 4.42 Å². The van der Waals surface area contributed by atoms with Gasteiger partial charge in [-0.15, -0.1) is 23.1 Å². The number of carboxylic acids is 1. The van der Waals surface area contributed by atoms with Gasteiger partial charge in [0.2, 0.25) is 5.91 Å². The Bertz CT molecular complexity index is 1080. The molecule has 0 spiro atoms. The predicted molar refractivity (Wildman–Crippen MR) is 117 cm³/mol. The van der Waals surface area contributed by atoms with E-state index in [2.05, 4.69) is 10.3 Å². The van der Waals surface area contributed by atoms with Crippen molar-refractivity contribution in [3.8, 4) is 0 Å². The van der Waals surface area contributed by atoms with Crippen molar-refractivity contribution in [2.45, 2.75) is 27.6 Å². The fourth-order valence-corrected chi connectivity index (χ4v) is 7.48. The number of aliphatic carboxylic acids is 1. The number of nitrogens with zero attached hydrogens (tertiary/aromatic N) is 2. The molecule has 13 heteroatoms. The van der Waals surface area contributed by atoms with Crippen molar-refractivity contribution in [3.05, 3.63) is 40.9 Å². The lowest BCUT2D eigenvalue weighted by Crippen LogP contribution is -2.70. The summed E-state index contributed by atoms with van der Waals surface area (Å²) in [7, 11) is -1.48. The molecule has 3 atom stereocenters. The van der Waals surface area contributed by atoms with Crippen LogP contribution < -0.4 is 5.32 Å². The predicted octanol–water partition coefficient (Wildman–Crippen LogP) is 1.68.